The Kier molecular flexibility index (Phi) is 12.3. The summed E-state index contributed by atoms with van der Waals surface area (Å²) in [7, 11) is 1.84. The Hall–Kier alpha value is -0.0800. The van der Waals surface area contributed by atoms with Crippen molar-refractivity contribution in [3.8, 4) is 0 Å². The molecule has 0 saturated heterocycles. The molecule has 1 N–H and O–H groups in total. The third-order valence-electron chi connectivity index (χ3n) is 3.25. The highest BCUT2D eigenvalue weighted by molar-refractivity contribution is 4.60. The van der Waals surface area contributed by atoms with E-state index < -0.39 is 0 Å². The van der Waals surface area contributed by atoms with Crippen LogP contribution in [0, 0.1) is 5.92 Å². The van der Waals surface area contributed by atoms with Gasteiger partial charge in [-0.05, 0) is 25.2 Å². The van der Waals surface area contributed by atoms with Gasteiger partial charge < -0.3 is 9.84 Å². The van der Waals surface area contributed by atoms with Crippen molar-refractivity contribution >= 4 is 0 Å². The molecule has 17 heavy (non-hydrogen) atoms. The van der Waals surface area contributed by atoms with Crippen LogP contribution < -0.4 is 0 Å². The molecule has 0 heterocycles. The van der Waals surface area contributed by atoms with E-state index in [1.165, 1.54) is 51.4 Å². The van der Waals surface area contributed by atoms with Crippen LogP contribution in [0.3, 0.4) is 0 Å². The van der Waals surface area contributed by atoms with E-state index in [-0.39, 0.29) is 0 Å². The van der Waals surface area contributed by atoms with E-state index in [1.54, 1.807) is 0 Å². The summed E-state index contributed by atoms with van der Waals surface area (Å²) >= 11 is 0. The van der Waals surface area contributed by atoms with Crippen molar-refractivity contribution in [2.45, 2.75) is 77.7 Å². The summed E-state index contributed by atoms with van der Waals surface area (Å²) < 4.78 is 5.49. The van der Waals surface area contributed by atoms with E-state index in [2.05, 4.69) is 13.8 Å². The highest BCUT2D eigenvalue weighted by Gasteiger charge is 2.08. The number of methoxy groups -OCH3 is 1. The zero-order valence-corrected chi connectivity index (χ0v) is 12.1. The third-order valence-corrected chi connectivity index (χ3v) is 3.25. The first-order valence-electron chi connectivity index (χ1n) is 7.34. The average molecular weight is 244 g/mol. The normalized spacial score (nSPS) is 13.2. The van der Waals surface area contributed by atoms with Gasteiger partial charge in [-0.3, -0.25) is 0 Å². The lowest BCUT2D eigenvalue weighted by Gasteiger charge is -2.17. The van der Waals surface area contributed by atoms with Crippen LogP contribution in [0.5, 0.6) is 0 Å². The fraction of sp³-hybridized carbons (Fsp3) is 1.00. The molecule has 1 unspecified atom stereocenters. The first-order valence-corrected chi connectivity index (χ1v) is 7.34. The molecule has 2 heteroatoms. The summed E-state index contributed by atoms with van der Waals surface area (Å²) in [5.41, 5.74) is 0. The van der Waals surface area contributed by atoms with E-state index in [4.69, 9.17) is 9.84 Å². The maximum Gasteiger partial charge on any atom is 0.0573 e. The maximum absolute atomic E-state index is 8.65. The Morgan fingerprint density at radius 1 is 0.882 bits per heavy atom. The van der Waals surface area contributed by atoms with Gasteiger partial charge in [0.15, 0.2) is 0 Å². The van der Waals surface area contributed by atoms with Crippen LogP contribution in [0.4, 0.5) is 0 Å². The number of rotatable bonds is 12. The van der Waals surface area contributed by atoms with Crippen molar-refractivity contribution in [3.05, 3.63) is 0 Å². The quantitative estimate of drug-likeness (QED) is 0.522. The summed E-state index contributed by atoms with van der Waals surface area (Å²) in [4.78, 5) is 0. The molecule has 0 bridgehead atoms. The number of ether oxygens (including phenoxy) is 1. The van der Waals surface area contributed by atoms with Gasteiger partial charge in [-0.25, -0.2) is 0 Å². The molecule has 0 spiro atoms. The van der Waals surface area contributed by atoms with Gasteiger partial charge in [-0.2, -0.15) is 0 Å². The van der Waals surface area contributed by atoms with E-state index >= 15 is 0 Å². The lowest BCUT2D eigenvalue weighted by molar-refractivity contribution is 0.0751. The monoisotopic (exact) mass is 244 g/mol. The topological polar surface area (TPSA) is 29.5 Å². The number of aliphatic hydroxyl groups is 1. The Balaban J connectivity index is 3.25. The van der Waals surface area contributed by atoms with E-state index in [0.29, 0.717) is 12.7 Å². The van der Waals surface area contributed by atoms with Crippen molar-refractivity contribution < 1.29 is 9.84 Å². The van der Waals surface area contributed by atoms with E-state index in [9.17, 15) is 0 Å². The predicted octanol–water partition coefficient (Wildman–Crippen LogP) is 4.16. The second-order valence-electron chi connectivity index (χ2n) is 5.47. The summed E-state index contributed by atoms with van der Waals surface area (Å²) in [5.74, 6) is 0.735. The van der Waals surface area contributed by atoms with Crippen molar-refractivity contribution in [2.24, 2.45) is 5.92 Å². The second kappa shape index (κ2) is 12.4. The van der Waals surface area contributed by atoms with Crippen LogP contribution in [0.25, 0.3) is 0 Å². The SMILES string of the molecule is COC(CCCCCCCCCO)CC(C)C. The van der Waals surface area contributed by atoms with Crippen LogP contribution in [0.1, 0.15) is 71.6 Å². The number of hydrogen-bond acceptors (Lipinski definition) is 2. The minimum absolute atomic E-state index is 0.352. The Bertz CT molecular complexity index is 146. The maximum atomic E-state index is 8.65. The molecule has 0 saturated carbocycles. The molecule has 2 nitrogen and oxygen atoms in total. The molecule has 0 radical (unpaired) electrons. The van der Waals surface area contributed by atoms with Gasteiger partial charge >= 0.3 is 0 Å². The fourth-order valence-corrected chi connectivity index (χ4v) is 2.23. The molecule has 0 aromatic heterocycles. The van der Waals surface area contributed by atoms with Crippen LogP contribution in [-0.2, 0) is 4.74 Å². The highest BCUT2D eigenvalue weighted by atomic mass is 16.5. The largest absolute Gasteiger partial charge is 0.396 e. The van der Waals surface area contributed by atoms with Crippen molar-refractivity contribution in [1.82, 2.24) is 0 Å². The van der Waals surface area contributed by atoms with Gasteiger partial charge in [-0.1, -0.05) is 52.4 Å². The molecule has 104 valence electrons. The lowest BCUT2D eigenvalue weighted by atomic mass is 10.00. The molecule has 0 aliphatic carbocycles. The molecular weight excluding hydrogens is 212 g/mol. The van der Waals surface area contributed by atoms with Gasteiger partial charge in [0.25, 0.3) is 0 Å². The molecule has 0 aromatic rings. The van der Waals surface area contributed by atoms with Gasteiger partial charge in [0.1, 0.15) is 0 Å². The zero-order valence-electron chi connectivity index (χ0n) is 12.1. The van der Waals surface area contributed by atoms with Crippen LogP contribution in [0.2, 0.25) is 0 Å². The van der Waals surface area contributed by atoms with Crippen LogP contribution >= 0.6 is 0 Å². The van der Waals surface area contributed by atoms with Crippen molar-refractivity contribution in [3.63, 3.8) is 0 Å². The molecule has 0 fully saturated rings. The average Bonchev–Trinajstić information content (AvgIpc) is 2.30. The molecule has 0 aliphatic rings. The first-order chi connectivity index (χ1) is 8.20. The Labute approximate surface area is 108 Å². The summed E-state index contributed by atoms with van der Waals surface area (Å²) in [6, 6.07) is 0. The van der Waals surface area contributed by atoms with Crippen LogP contribution in [0.15, 0.2) is 0 Å². The van der Waals surface area contributed by atoms with Crippen molar-refractivity contribution in [1.29, 1.82) is 0 Å². The summed E-state index contributed by atoms with van der Waals surface area (Å²) in [6.07, 6.45) is 11.6. The standard InChI is InChI=1S/C15H32O2/c1-14(2)13-15(17-3)11-9-7-5-4-6-8-10-12-16/h14-16H,4-13H2,1-3H3. The second-order valence-corrected chi connectivity index (χ2v) is 5.47. The van der Waals surface area contributed by atoms with Gasteiger partial charge in [0.2, 0.25) is 0 Å². The summed E-state index contributed by atoms with van der Waals surface area (Å²) in [6.45, 7) is 4.87. The van der Waals surface area contributed by atoms with Crippen molar-refractivity contribution in [2.75, 3.05) is 13.7 Å². The minimum Gasteiger partial charge on any atom is -0.396 e. The van der Waals surface area contributed by atoms with E-state index in [0.717, 1.165) is 12.3 Å². The van der Waals surface area contributed by atoms with Gasteiger partial charge in [-0.15, -0.1) is 0 Å². The third kappa shape index (κ3) is 12.2. The molecule has 0 amide bonds. The number of hydrogen-bond donors (Lipinski definition) is 1. The smallest absolute Gasteiger partial charge is 0.0573 e. The minimum atomic E-state index is 0.352. The highest BCUT2D eigenvalue weighted by Crippen LogP contribution is 2.15. The summed E-state index contributed by atoms with van der Waals surface area (Å²) in [5, 5.41) is 8.65. The van der Waals surface area contributed by atoms with Crippen LogP contribution in [-0.4, -0.2) is 24.9 Å². The van der Waals surface area contributed by atoms with E-state index in [1.807, 2.05) is 7.11 Å². The lowest BCUT2D eigenvalue weighted by Crippen LogP contribution is -2.13. The Morgan fingerprint density at radius 2 is 1.41 bits per heavy atom. The molecular formula is C15H32O2. The first kappa shape index (κ1) is 16.9. The molecule has 0 aromatic carbocycles. The predicted molar refractivity (Wildman–Crippen MR) is 74.3 cm³/mol. The van der Waals surface area contributed by atoms with Gasteiger partial charge in [0, 0.05) is 13.7 Å². The van der Waals surface area contributed by atoms with Gasteiger partial charge in [0.05, 0.1) is 6.10 Å². The fourth-order valence-electron chi connectivity index (χ4n) is 2.23. The molecule has 1 atom stereocenters. The zero-order chi connectivity index (χ0) is 12.9. The number of aliphatic hydroxyl groups excluding tert-OH is 1. The molecule has 0 aliphatic heterocycles. The number of unbranched alkanes of at least 4 members (excludes halogenated alkanes) is 6. The Morgan fingerprint density at radius 3 is 1.88 bits per heavy atom. The molecule has 0 rings (SSSR count).